The number of amides is 1. The molecule has 1 saturated heterocycles. The third kappa shape index (κ3) is 3.47. The number of aryl methyl sites for hydroxylation is 1. The van der Waals surface area contributed by atoms with Gasteiger partial charge in [-0.3, -0.25) is 9.48 Å². The van der Waals surface area contributed by atoms with Crippen LogP contribution in [-0.2, 0) is 6.54 Å². The summed E-state index contributed by atoms with van der Waals surface area (Å²) in [5, 5.41) is 10.3. The van der Waals surface area contributed by atoms with Crippen molar-refractivity contribution in [3.63, 3.8) is 0 Å². The molecule has 3 rings (SSSR count). The van der Waals surface area contributed by atoms with Crippen LogP contribution in [0.3, 0.4) is 0 Å². The average molecular weight is 326 g/mol. The molecule has 1 aliphatic heterocycles. The molecule has 23 heavy (non-hydrogen) atoms. The highest BCUT2D eigenvalue weighted by Crippen LogP contribution is 2.22. The fourth-order valence-electron chi connectivity index (χ4n) is 2.64. The maximum Gasteiger partial charge on any atom is 0.405 e. The molecule has 2 N–H and O–H groups in total. The summed E-state index contributed by atoms with van der Waals surface area (Å²) in [5.41, 5.74) is 1.62. The molecule has 2 aromatic rings. The quantitative estimate of drug-likeness (QED) is 0.902. The molecular weight excluding hydrogens is 309 g/mol. The molecule has 0 saturated carbocycles. The molecule has 1 fully saturated rings. The average Bonchev–Trinajstić information content (AvgIpc) is 2.84. The van der Waals surface area contributed by atoms with E-state index in [2.05, 4.69) is 10.4 Å². The van der Waals surface area contributed by atoms with Crippen LogP contribution in [0.5, 0.6) is 0 Å². The van der Waals surface area contributed by atoms with E-state index in [0.29, 0.717) is 11.5 Å². The summed E-state index contributed by atoms with van der Waals surface area (Å²) < 4.78 is 38.5. The van der Waals surface area contributed by atoms with Crippen LogP contribution in [0.15, 0.2) is 18.3 Å². The molecule has 0 atom stereocenters. The van der Waals surface area contributed by atoms with E-state index in [0.717, 1.165) is 30.5 Å². The fraction of sp³-hybridized carbons (Fsp3) is 0.467. The Morgan fingerprint density at radius 2 is 2.17 bits per heavy atom. The van der Waals surface area contributed by atoms with E-state index in [9.17, 15) is 18.0 Å². The normalized spacial score (nSPS) is 15.7. The van der Waals surface area contributed by atoms with Crippen LogP contribution >= 0.6 is 0 Å². The van der Waals surface area contributed by atoms with Crippen LogP contribution in [0.4, 0.5) is 13.2 Å². The summed E-state index contributed by atoms with van der Waals surface area (Å²) in [6.07, 6.45) is -2.57. The number of nitrogens with one attached hydrogen (secondary N) is 2. The van der Waals surface area contributed by atoms with Crippen molar-refractivity contribution in [3.05, 3.63) is 29.5 Å². The maximum atomic E-state index is 12.2. The second kappa shape index (κ2) is 5.84. The standard InChI is InChI=1S/C15H17F3N4O/c1-9-11(14(23)20-8-15(16,17)18)2-3-13-12(9)7-22(21-13)6-10-4-19-5-10/h2-3,7,10,19H,4-6,8H2,1H3,(H,20,23). The maximum absolute atomic E-state index is 12.2. The Hall–Kier alpha value is -2.09. The van der Waals surface area contributed by atoms with Gasteiger partial charge in [0.1, 0.15) is 6.54 Å². The summed E-state index contributed by atoms with van der Waals surface area (Å²) in [4.78, 5) is 11.9. The van der Waals surface area contributed by atoms with Crippen LogP contribution in [-0.4, -0.2) is 41.5 Å². The molecule has 1 aromatic carbocycles. The van der Waals surface area contributed by atoms with Gasteiger partial charge >= 0.3 is 6.18 Å². The van der Waals surface area contributed by atoms with E-state index >= 15 is 0 Å². The molecular formula is C15H17F3N4O. The molecule has 1 amide bonds. The van der Waals surface area contributed by atoms with Crippen molar-refractivity contribution < 1.29 is 18.0 Å². The van der Waals surface area contributed by atoms with Gasteiger partial charge in [-0.05, 0) is 24.6 Å². The van der Waals surface area contributed by atoms with Gasteiger partial charge in [0.15, 0.2) is 0 Å². The van der Waals surface area contributed by atoms with Gasteiger partial charge < -0.3 is 10.6 Å². The molecule has 0 radical (unpaired) electrons. The van der Waals surface area contributed by atoms with Crippen LogP contribution in [0, 0.1) is 12.8 Å². The zero-order chi connectivity index (χ0) is 16.6. The van der Waals surface area contributed by atoms with E-state index < -0.39 is 18.6 Å². The predicted molar refractivity (Wildman–Crippen MR) is 79.2 cm³/mol. The number of alkyl halides is 3. The van der Waals surface area contributed by atoms with Crippen molar-refractivity contribution in [1.29, 1.82) is 0 Å². The first-order chi connectivity index (χ1) is 10.8. The van der Waals surface area contributed by atoms with Crippen molar-refractivity contribution in [1.82, 2.24) is 20.4 Å². The first-order valence-corrected chi connectivity index (χ1v) is 7.36. The topological polar surface area (TPSA) is 59.0 Å². The number of fused-ring (bicyclic) bond motifs is 1. The second-order valence-corrected chi connectivity index (χ2v) is 5.84. The van der Waals surface area contributed by atoms with Crippen molar-refractivity contribution >= 4 is 16.8 Å². The van der Waals surface area contributed by atoms with Gasteiger partial charge in [-0.25, -0.2) is 0 Å². The van der Waals surface area contributed by atoms with E-state index in [4.69, 9.17) is 0 Å². The Morgan fingerprint density at radius 3 is 2.78 bits per heavy atom. The molecule has 124 valence electrons. The molecule has 0 spiro atoms. The second-order valence-electron chi connectivity index (χ2n) is 5.84. The zero-order valence-corrected chi connectivity index (χ0v) is 12.6. The van der Waals surface area contributed by atoms with Crippen molar-refractivity contribution in [2.24, 2.45) is 5.92 Å². The highest BCUT2D eigenvalue weighted by atomic mass is 19.4. The number of carbonyl (C=O) groups excluding carboxylic acids is 1. The third-order valence-electron chi connectivity index (χ3n) is 4.01. The number of carbonyl (C=O) groups is 1. The molecule has 0 aliphatic carbocycles. The van der Waals surface area contributed by atoms with Gasteiger partial charge in [-0.15, -0.1) is 0 Å². The molecule has 8 heteroatoms. The number of benzene rings is 1. The number of hydrogen-bond donors (Lipinski definition) is 2. The molecule has 1 aliphatic rings. The van der Waals surface area contributed by atoms with Crippen molar-refractivity contribution in [2.75, 3.05) is 19.6 Å². The number of halogens is 3. The minimum atomic E-state index is -4.42. The molecule has 1 aromatic heterocycles. The molecule has 0 bridgehead atoms. The monoisotopic (exact) mass is 326 g/mol. The predicted octanol–water partition coefficient (Wildman–Crippen LogP) is 1.86. The van der Waals surface area contributed by atoms with Gasteiger partial charge in [0.2, 0.25) is 0 Å². The highest BCUT2D eigenvalue weighted by Gasteiger charge is 2.28. The lowest BCUT2D eigenvalue weighted by Crippen LogP contribution is -2.44. The summed E-state index contributed by atoms with van der Waals surface area (Å²) in [7, 11) is 0. The first kappa shape index (κ1) is 15.8. The Balaban J connectivity index is 1.81. The highest BCUT2D eigenvalue weighted by molar-refractivity contribution is 6.00. The number of aromatic nitrogens is 2. The van der Waals surface area contributed by atoms with Gasteiger partial charge in [0.05, 0.1) is 5.52 Å². The zero-order valence-electron chi connectivity index (χ0n) is 12.6. The van der Waals surface area contributed by atoms with Crippen molar-refractivity contribution in [3.8, 4) is 0 Å². The summed E-state index contributed by atoms with van der Waals surface area (Å²) in [6, 6.07) is 3.19. The lowest BCUT2D eigenvalue weighted by Gasteiger charge is -2.26. The van der Waals surface area contributed by atoms with Gasteiger partial charge in [0.25, 0.3) is 5.91 Å². The van der Waals surface area contributed by atoms with Crippen LogP contribution < -0.4 is 10.6 Å². The largest absolute Gasteiger partial charge is 0.405 e. The summed E-state index contributed by atoms with van der Waals surface area (Å²) in [6.45, 7) is 3.09. The Labute approximate surface area is 130 Å². The minimum Gasteiger partial charge on any atom is -0.343 e. The van der Waals surface area contributed by atoms with E-state index in [1.165, 1.54) is 6.07 Å². The number of hydrogen-bond acceptors (Lipinski definition) is 3. The van der Waals surface area contributed by atoms with E-state index in [-0.39, 0.29) is 5.56 Å². The smallest absolute Gasteiger partial charge is 0.343 e. The molecule has 5 nitrogen and oxygen atoms in total. The molecule has 2 heterocycles. The van der Waals surface area contributed by atoms with Crippen LogP contribution in [0.2, 0.25) is 0 Å². The van der Waals surface area contributed by atoms with E-state index in [1.807, 2.05) is 16.2 Å². The SMILES string of the molecule is Cc1c(C(=O)NCC(F)(F)F)ccc2nn(CC3CNC3)cc12. The van der Waals surface area contributed by atoms with Crippen LogP contribution in [0.1, 0.15) is 15.9 Å². The first-order valence-electron chi connectivity index (χ1n) is 7.36. The lowest BCUT2D eigenvalue weighted by atomic mass is 10.0. The third-order valence-corrected chi connectivity index (χ3v) is 4.01. The molecule has 0 unspecified atom stereocenters. The van der Waals surface area contributed by atoms with Gasteiger partial charge in [-0.1, -0.05) is 0 Å². The van der Waals surface area contributed by atoms with Crippen molar-refractivity contribution in [2.45, 2.75) is 19.6 Å². The Bertz CT molecular complexity index is 734. The Morgan fingerprint density at radius 1 is 1.43 bits per heavy atom. The lowest BCUT2D eigenvalue weighted by molar-refractivity contribution is -0.123. The van der Waals surface area contributed by atoms with Crippen LogP contribution in [0.25, 0.3) is 10.9 Å². The van der Waals surface area contributed by atoms with E-state index in [1.54, 1.807) is 13.0 Å². The van der Waals surface area contributed by atoms with Gasteiger partial charge in [0, 0.05) is 42.7 Å². The summed E-state index contributed by atoms with van der Waals surface area (Å²) >= 11 is 0. The minimum absolute atomic E-state index is 0.242. The number of rotatable bonds is 4. The Kier molecular flexibility index (Phi) is 4.01. The van der Waals surface area contributed by atoms with Gasteiger partial charge in [-0.2, -0.15) is 18.3 Å². The fourth-order valence-corrected chi connectivity index (χ4v) is 2.64. The summed E-state index contributed by atoms with van der Waals surface area (Å²) in [5.74, 6) is -0.183. The number of nitrogens with zero attached hydrogens (tertiary/aromatic N) is 2.